The number of aliphatic carboxylic acids is 2. The van der Waals surface area contributed by atoms with E-state index in [1.807, 2.05) is 30.3 Å². The fourth-order valence-electron chi connectivity index (χ4n) is 3.23. The second-order valence-corrected chi connectivity index (χ2v) is 6.64. The highest BCUT2D eigenvalue weighted by Crippen LogP contribution is 2.15. The fourth-order valence-corrected chi connectivity index (χ4v) is 3.23. The van der Waals surface area contributed by atoms with Crippen molar-refractivity contribution >= 4 is 17.8 Å². The molecule has 0 radical (unpaired) electrons. The standard InChI is InChI=1S/C19H26N2O5/c22-17(23)13-21-12-6-2-5-9-15(18(21)24)20-16(19(25)26)11-10-14-7-3-1-4-8-14/h1,3-4,7-8,15-16,20H,2,5-6,9-13H2,(H,22,23)(H,25,26)/t15-,16-/m1/s1. The minimum absolute atomic E-state index is 0.321. The maximum absolute atomic E-state index is 12.7. The van der Waals surface area contributed by atoms with E-state index >= 15 is 0 Å². The van der Waals surface area contributed by atoms with E-state index in [1.54, 1.807) is 0 Å². The van der Waals surface area contributed by atoms with Gasteiger partial charge < -0.3 is 15.1 Å². The number of nitrogens with zero attached hydrogens (tertiary/aromatic N) is 1. The molecule has 1 aliphatic rings. The Labute approximate surface area is 153 Å². The van der Waals surface area contributed by atoms with Crippen LogP contribution in [0.3, 0.4) is 0 Å². The van der Waals surface area contributed by atoms with Crippen LogP contribution < -0.4 is 5.32 Å². The summed E-state index contributed by atoms with van der Waals surface area (Å²) in [6.45, 7) is 0.0455. The van der Waals surface area contributed by atoms with Crippen LogP contribution in [-0.4, -0.2) is 58.1 Å². The number of likely N-dealkylation sites (tertiary alicyclic amines) is 1. The third-order valence-electron chi connectivity index (χ3n) is 4.62. The Balaban J connectivity index is 2.02. The summed E-state index contributed by atoms with van der Waals surface area (Å²) in [5.41, 5.74) is 1.04. The minimum atomic E-state index is -1.06. The average molecular weight is 362 g/mol. The lowest BCUT2D eigenvalue weighted by molar-refractivity contribution is -0.147. The zero-order chi connectivity index (χ0) is 18.9. The minimum Gasteiger partial charge on any atom is -0.480 e. The van der Waals surface area contributed by atoms with Crippen LogP contribution in [0.25, 0.3) is 0 Å². The van der Waals surface area contributed by atoms with Crippen molar-refractivity contribution in [3.8, 4) is 0 Å². The molecule has 1 fully saturated rings. The van der Waals surface area contributed by atoms with Gasteiger partial charge in [0.15, 0.2) is 0 Å². The van der Waals surface area contributed by atoms with Gasteiger partial charge in [0.25, 0.3) is 0 Å². The molecule has 1 heterocycles. The van der Waals surface area contributed by atoms with Crippen LogP contribution in [0.2, 0.25) is 0 Å². The highest BCUT2D eigenvalue weighted by atomic mass is 16.4. The number of carboxylic acid groups (broad SMARTS) is 2. The van der Waals surface area contributed by atoms with Gasteiger partial charge in [-0.2, -0.15) is 0 Å². The van der Waals surface area contributed by atoms with Crippen LogP contribution in [0.15, 0.2) is 30.3 Å². The van der Waals surface area contributed by atoms with E-state index in [2.05, 4.69) is 5.32 Å². The van der Waals surface area contributed by atoms with Gasteiger partial charge in [-0.25, -0.2) is 0 Å². The molecule has 2 atom stereocenters. The molecular weight excluding hydrogens is 336 g/mol. The molecule has 142 valence electrons. The number of hydrogen-bond acceptors (Lipinski definition) is 4. The zero-order valence-electron chi connectivity index (χ0n) is 14.8. The molecular formula is C19H26N2O5. The molecule has 2 rings (SSSR count). The quantitative estimate of drug-likeness (QED) is 0.647. The van der Waals surface area contributed by atoms with Crippen LogP contribution in [0.4, 0.5) is 0 Å². The Kier molecular flexibility index (Phi) is 7.59. The molecule has 0 aliphatic carbocycles. The summed E-state index contributed by atoms with van der Waals surface area (Å²) in [6.07, 6.45) is 3.94. The highest BCUT2D eigenvalue weighted by Gasteiger charge is 2.30. The Bertz CT molecular complexity index is 620. The Morgan fingerprint density at radius 1 is 1.15 bits per heavy atom. The predicted octanol–water partition coefficient (Wildman–Crippen LogP) is 1.52. The number of benzene rings is 1. The first kappa shape index (κ1) is 19.9. The van der Waals surface area contributed by atoms with Gasteiger partial charge in [-0.3, -0.25) is 19.7 Å². The van der Waals surface area contributed by atoms with Gasteiger partial charge in [0.2, 0.25) is 5.91 Å². The molecule has 7 nitrogen and oxygen atoms in total. The first-order chi connectivity index (χ1) is 12.5. The van der Waals surface area contributed by atoms with Gasteiger partial charge in [0.1, 0.15) is 12.6 Å². The molecule has 0 aromatic heterocycles. The maximum atomic E-state index is 12.7. The summed E-state index contributed by atoms with van der Waals surface area (Å²) >= 11 is 0. The Morgan fingerprint density at radius 3 is 2.54 bits per heavy atom. The van der Waals surface area contributed by atoms with Crippen LogP contribution in [0.5, 0.6) is 0 Å². The SMILES string of the molecule is O=C(O)CN1CCCCC[C@@H](N[C@H](CCc2ccccc2)C(=O)O)C1=O. The largest absolute Gasteiger partial charge is 0.480 e. The summed E-state index contributed by atoms with van der Waals surface area (Å²) in [5, 5.41) is 21.5. The number of carboxylic acids is 2. The molecule has 7 heteroatoms. The number of nitrogens with one attached hydrogen (secondary N) is 1. The van der Waals surface area contributed by atoms with Crippen molar-refractivity contribution in [2.75, 3.05) is 13.1 Å². The summed E-state index contributed by atoms with van der Waals surface area (Å²) in [7, 11) is 0. The first-order valence-electron chi connectivity index (χ1n) is 9.00. The van der Waals surface area contributed by atoms with Crippen LogP contribution in [0.1, 0.15) is 37.7 Å². The lowest BCUT2D eigenvalue weighted by Crippen LogP contribution is -2.53. The molecule has 0 spiro atoms. The molecule has 1 aromatic rings. The smallest absolute Gasteiger partial charge is 0.323 e. The van der Waals surface area contributed by atoms with Gasteiger partial charge in [-0.05, 0) is 31.2 Å². The van der Waals surface area contributed by atoms with Gasteiger partial charge >= 0.3 is 11.9 Å². The third kappa shape index (κ3) is 6.15. The fraction of sp³-hybridized carbons (Fsp3) is 0.526. The maximum Gasteiger partial charge on any atom is 0.323 e. The van der Waals surface area contributed by atoms with E-state index in [-0.39, 0.29) is 12.5 Å². The molecule has 3 N–H and O–H groups in total. The van der Waals surface area contributed by atoms with E-state index in [9.17, 15) is 19.5 Å². The molecule has 1 amide bonds. The van der Waals surface area contributed by atoms with E-state index in [4.69, 9.17) is 5.11 Å². The number of carbonyl (C=O) groups is 3. The van der Waals surface area contributed by atoms with Crippen LogP contribution in [0, 0.1) is 0 Å². The second-order valence-electron chi connectivity index (χ2n) is 6.64. The molecule has 0 unspecified atom stereocenters. The number of carbonyl (C=O) groups excluding carboxylic acids is 1. The molecule has 1 aliphatic heterocycles. The van der Waals surface area contributed by atoms with Gasteiger partial charge in [-0.15, -0.1) is 0 Å². The molecule has 1 aromatic carbocycles. The monoisotopic (exact) mass is 362 g/mol. The summed E-state index contributed by atoms with van der Waals surface area (Å²) in [4.78, 5) is 36.6. The zero-order valence-corrected chi connectivity index (χ0v) is 14.8. The van der Waals surface area contributed by atoms with Crippen molar-refractivity contribution in [2.45, 2.75) is 50.6 Å². The average Bonchev–Trinajstić information content (AvgIpc) is 2.60. The van der Waals surface area contributed by atoms with Crippen molar-refractivity contribution in [1.82, 2.24) is 10.2 Å². The lowest BCUT2D eigenvalue weighted by atomic mass is 10.00. The number of amides is 1. The molecule has 0 bridgehead atoms. The first-order valence-corrected chi connectivity index (χ1v) is 9.00. The van der Waals surface area contributed by atoms with Crippen molar-refractivity contribution in [3.05, 3.63) is 35.9 Å². The molecule has 0 saturated carbocycles. The van der Waals surface area contributed by atoms with Crippen molar-refractivity contribution in [3.63, 3.8) is 0 Å². The second kappa shape index (κ2) is 9.91. The van der Waals surface area contributed by atoms with Gasteiger partial charge in [0, 0.05) is 6.54 Å². The lowest BCUT2D eigenvalue weighted by Gasteiger charge is -2.30. The normalized spacial score (nSPS) is 19.5. The number of hydrogen-bond donors (Lipinski definition) is 3. The molecule has 26 heavy (non-hydrogen) atoms. The van der Waals surface area contributed by atoms with Crippen LogP contribution in [-0.2, 0) is 20.8 Å². The number of rotatable bonds is 8. The van der Waals surface area contributed by atoms with E-state index in [0.29, 0.717) is 25.8 Å². The van der Waals surface area contributed by atoms with E-state index in [1.165, 1.54) is 4.90 Å². The van der Waals surface area contributed by atoms with Gasteiger partial charge in [0.05, 0.1) is 6.04 Å². The third-order valence-corrected chi connectivity index (χ3v) is 4.62. The van der Waals surface area contributed by atoms with Crippen LogP contribution >= 0.6 is 0 Å². The topological polar surface area (TPSA) is 107 Å². The summed E-state index contributed by atoms with van der Waals surface area (Å²) < 4.78 is 0. The Morgan fingerprint density at radius 2 is 1.88 bits per heavy atom. The predicted molar refractivity (Wildman–Crippen MR) is 95.8 cm³/mol. The van der Waals surface area contributed by atoms with E-state index in [0.717, 1.165) is 24.8 Å². The Hall–Kier alpha value is -2.41. The highest BCUT2D eigenvalue weighted by molar-refractivity contribution is 5.86. The molecule has 1 saturated heterocycles. The van der Waals surface area contributed by atoms with Gasteiger partial charge in [-0.1, -0.05) is 43.2 Å². The van der Waals surface area contributed by atoms with Crippen molar-refractivity contribution in [2.24, 2.45) is 0 Å². The van der Waals surface area contributed by atoms with E-state index < -0.39 is 24.0 Å². The van der Waals surface area contributed by atoms with Crippen molar-refractivity contribution in [1.29, 1.82) is 0 Å². The van der Waals surface area contributed by atoms with Crippen molar-refractivity contribution < 1.29 is 24.6 Å². The number of aryl methyl sites for hydroxylation is 1. The summed E-state index contributed by atoms with van der Waals surface area (Å²) in [6, 6.07) is 8.08. The summed E-state index contributed by atoms with van der Waals surface area (Å²) in [5.74, 6) is -2.38.